The Balaban J connectivity index is 0.00000341. The average molecular weight is 544 g/mol. The highest BCUT2D eigenvalue weighted by atomic mass is 127. The molecule has 1 unspecified atom stereocenters. The molecule has 1 saturated heterocycles. The lowest BCUT2D eigenvalue weighted by molar-refractivity contribution is 0.188. The van der Waals surface area contributed by atoms with Crippen molar-refractivity contribution in [2.45, 2.75) is 32.0 Å². The molecule has 9 heteroatoms. The lowest BCUT2D eigenvalue weighted by Crippen LogP contribution is -2.50. The molecule has 6 nitrogen and oxygen atoms in total. The fraction of sp³-hybridized carbons (Fsp3) is 0.455. The van der Waals surface area contributed by atoms with Crippen LogP contribution >= 0.6 is 24.0 Å². The zero-order valence-corrected chi connectivity index (χ0v) is 20.6. The Morgan fingerprint density at radius 2 is 1.90 bits per heavy atom. The second-order valence-electron chi connectivity index (χ2n) is 7.73. The van der Waals surface area contributed by atoms with E-state index in [1.54, 1.807) is 7.05 Å². The molecule has 31 heavy (non-hydrogen) atoms. The van der Waals surface area contributed by atoms with Crippen LogP contribution < -0.4 is 15.5 Å². The van der Waals surface area contributed by atoms with Crippen molar-refractivity contribution in [1.29, 1.82) is 0 Å². The molecule has 0 spiro atoms. The van der Waals surface area contributed by atoms with Gasteiger partial charge in [0.2, 0.25) is 0 Å². The number of aromatic nitrogens is 1. The van der Waals surface area contributed by atoms with Crippen molar-refractivity contribution >= 4 is 35.8 Å². The molecule has 0 amide bonds. The number of halogens is 3. The second-order valence-corrected chi connectivity index (χ2v) is 7.73. The number of hydrogen-bond acceptors (Lipinski definition) is 4. The summed E-state index contributed by atoms with van der Waals surface area (Å²) in [7, 11) is 5.65. The van der Waals surface area contributed by atoms with E-state index in [1.165, 1.54) is 18.2 Å². The lowest BCUT2D eigenvalue weighted by Gasteiger charge is -2.34. The van der Waals surface area contributed by atoms with Crippen LogP contribution in [0.4, 0.5) is 14.6 Å². The Morgan fingerprint density at radius 1 is 1.19 bits per heavy atom. The van der Waals surface area contributed by atoms with E-state index in [2.05, 4.69) is 25.5 Å². The third-order valence-electron chi connectivity index (χ3n) is 5.20. The number of benzene rings is 1. The Bertz CT molecular complexity index is 857. The van der Waals surface area contributed by atoms with Crippen molar-refractivity contribution in [1.82, 2.24) is 20.5 Å². The van der Waals surface area contributed by atoms with Gasteiger partial charge in [0.05, 0.1) is 12.2 Å². The van der Waals surface area contributed by atoms with E-state index in [0.29, 0.717) is 19.0 Å². The van der Waals surface area contributed by atoms with E-state index >= 15 is 0 Å². The van der Waals surface area contributed by atoms with Crippen molar-refractivity contribution in [2.75, 3.05) is 39.1 Å². The molecule has 3 rings (SSSR count). The molecule has 1 atom stereocenters. The first-order valence-electron chi connectivity index (χ1n) is 10.2. The number of aliphatic imine (C=N–C) groups is 1. The second kappa shape index (κ2) is 12.1. The summed E-state index contributed by atoms with van der Waals surface area (Å²) in [6.07, 6.45) is 1.93. The molecule has 2 heterocycles. The van der Waals surface area contributed by atoms with Gasteiger partial charge in [0.15, 0.2) is 5.96 Å². The van der Waals surface area contributed by atoms with Gasteiger partial charge in [-0.1, -0.05) is 12.1 Å². The zero-order chi connectivity index (χ0) is 21.5. The molecule has 1 aromatic carbocycles. The normalized spacial score (nSPS) is 17.1. The van der Waals surface area contributed by atoms with Crippen LogP contribution in [-0.4, -0.2) is 56.1 Å². The summed E-state index contributed by atoms with van der Waals surface area (Å²) in [5, 5.41) is 6.73. The number of nitrogens with zero attached hydrogens (tertiary/aromatic N) is 4. The molecule has 0 bridgehead atoms. The highest BCUT2D eigenvalue weighted by Crippen LogP contribution is 2.18. The predicted octanol–water partition coefficient (Wildman–Crippen LogP) is 3.37. The van der Waals surface area contributed by atoms with Crippen LogP contribution in [0.25, 0.3) is 0 Å². The van der Waals surface area contributed by atoms with Crippen molar-refractivity contribution in [3.05, 3.63) is 59.3 Å². The van der Waals surface area contributed by atoms with Gasteiger partial charge in [-0.2, -0.15) is 0 Å². The number of anilines is 1. The molecule has 0 saturated carbocycles. The Hall–Kier alpha value is -2.01. The van der Waals surface area contributed by atoms with Crippen LogP contribution in [0.5, 0.6) is 0 Å². The first kappa shape index (κ1) is 25.3. The van der Waals surface area contributed by atoms with Crippen molar-refractivity contribution in [2.24, 2.45) is 4.99 Å². The molecule has 0 aliphatic carbocycles. The van der Waals surface area contributed by atoms with Crippen LogP contribution in [0.3, 0.4) is 0 Å². The van der Waals surface area contributed by atoms with E-state index < -0.39 is 11.6 Å². The SMILES string of the molecule is CN=C(NCc1cccc(N(C)C)n1)NC1CCCN(Cc2c(F)cccc2F)C1.I. The average Bonchev–Trinajstić information content (AvgIpc) is 2.74. The monoisotopic (exact) mass is 544 g/mol. The summed E-state index contributed by atoms with van der Waals surface area (Å²) in [4.78, 5) is 13.0. The summed E-state index contributed by atoms with van der Waals surface area (Å²) in [6.45, 7) is 2.34. The number of hydrogen-bond donors (Lipinski definition) is 2. The van der Waals surface area contributed by atoms with Crippen molar-refractivity contribution in [3.8, 4) is 0 Å². The third-order valence-corrected chi connectivity index (χ3v) is 5.20. The van der Waals surface area contributed by atoms with E-state index in [1.807, 2.05) is 37.2 Å². The Morgan fingerprint density at radius 3 is 2.58 bits per heavy atom. The minimum Gasteiger partial charge on any atom is -0.363 e. The van der Waals surface area contributed by atoms with Crippen LogP contribution in [0, 0.1) is 11.6 Å². The number of pyridine rings is 1. The fourth-order valence-corrected chi connectivity index (χ4v) is 3.60. The quantitative estimate of drug-likeness (QED) is 0.332. The van der Waals surface area contributed by atoms with Crippen LogP contribution in [0.1, 0.15) is 24.1 Å². The van der Waals surface area contributed by atoms with Gasteiger partial charge in [-0.15, -0.1) is 24.0 Å². The van der Waals surface area contributed by atoms with Gasteiger partial charge < -0.3 is 15.5 Å². The molecule has 2 aromatic rings. The maximum absolute atomic E-state index is 14.0. The maximum atomic E-state index is 14.0. The van der Waals surface area contributed by atoms with Gasteiger partial charge in [-0.3, -0.25) is 9.89 Å². The molecular formula is C22H31F2IN6. The maximum Gasteiger partial charge on any atom is 0.191 e. The largest absolute Gasteiger partial charge is 0.363 e. The zero-order valence-electron chi connectivity index (χ0n) is 18.2. The minimum absolute atomic E-state index is 0. The molecular weight excluding hydrogens is 513 g/mol. The Kier molecular flexibility index (Phi) is 9.89. The van der Waals surface area contributed by atoms with Gasteiger partial charge in [0.1, 0.15) is 17.5 Å². The molecule has 2 N–H and O–H groups in total. The van der Waals surface area contributed by atoms with Gasteiger partial charge >= 0.3 is 0 Å². The summed E-state index contributed by atoms with van der Waals surface area (Å²) in [6, 6.07) is 10.1. The van der Waals surface area contributed by atoms with E-state index in [4.69, 9.17) is 0 Å². The highest BCUT2D eigenvalue weighted by Gasteiger charge is 2.22. The van der Waals surface area contributed by atoms with Gasteiger partial charge in [-0.25, -0.2) is 13.8 Å². The highest BCUT2D eigenvalue weighted by molar-refractivity contribution is 14.0. The molecule has 1 aliphatic heterocycles. The summed E-state index contributed by atoms with van der Waals surface area (Å²) < 4.78 is 28.0. The van der Waals surface area contributed by atoms with Crippen LogP contribution in [0.15, 0.2) is 41.4 Å². The predicted molar refractivity (Wildman–Crippen MR) is 132 cm³/mol. The molecule has 0 radical (unpaired) electrons. The van der Waals surface area contributed by atoms with Gasteiger partial charge in [0, 0.05) is 45.8 Å². The summed E-state index contributed by atoms with van der Waals surface area (Å²) in [5.74, 6) is 0.613. The molecule has 170 valence electrons. The standard InChI is InChI=1S/C22H30F2N6.HI/c1-25-22(26-13-16-7-4-11-21(27-16)29(2)3)28-17-8-6-12-30(14-17)15-18-19(23)9-5-10-20(18)24;/h4-5,7,9-11,17H,6,8,12-15H2,1-3H3,(H2,25,26,28);1H. The van der Waals surface area contributed by atoms with Crippen LogP contribution in [0.2, 0.25) is 0 Å². The number of nitrogens with one attached hydrogen (secondary N) is 2. The first-order valence-corrected chi connectivity index (χ1v) is 10.2. The molecule has 1 aromatic heterocycles. The third kappa shape index (κ3) is 7.27. The van der Waals surface area contributed by atoms with Gasteiger partial charge in [-0.05, 0) is 43.7 Å². The van der Waals surface area contributed by atoms with E-state index in [9.17, 15) is 8.78 Å². The number of guanidine groups is 1. The smallest absolute Gasteiger partial charge is 0.191 e. The van der Waals surface area contributed by atoms with E-state index in [-0.39, 0.29) is 42.1 Å². The molecule has 1 fully saturated rings. The van der Waals surface area contributed by atoms with Crippen molar-refractivity contribution in [3.63, 3.8) is 0 Å². The number of piperidine rings is 1. The Labute approximate surface area is 200 Å². The van der Waals surface area contributed by atoms with Crippen LogP contribution in [-0.2, 0) is 13.1 Å². The minimum atomic E-state index is -0.491. The summed E-state index contributed by atoms with van der Waals surface area (Å²) in [5.41, 5.74) is 1.05. The fourth-order valence-electron chi connectivity index (χ4n) is 3.60. The topological polar surface area (TPSA) is 55.8 Å². The molecule has 1 aliphatic rings. The first-order chi connectivity index (χ1) is 14.5. The van der Waals surface area contributed by atoms with Gasteiger partial charge in [0.25, 0.3) is 0 Å². The summed E-state index contributed by atoms with van der Waals surface area (Å²) >= 11 is 0. The van der Waals surface area contributed by atoms with Crippen molar-refractivity contribution < 1.29 is 8.78 Å². The number of likely N-dealkylation sites (tertiary alicyclic amines) is 1. The van der Waals surface area contributed by atoms with E-state index in [0.717, 1.165) is 30.9 Å². The lowest BCUT2D eigenvalue weighted by atomic mass is 10.0. The number of rotatable bonds is 6.